The molecular formula is C11H20FN3O2. The molecule has 1 atom stereocenters. The molecule has 0 aromatic rings. The van der Waals surface area contributed by atoms with E-state index in [-0.39, 0.29) is 25.2 Å². The van der Waals surface area contributed by atoms with Gasteiger partial charge in [0.2, 0.25) is 0 Å². The van der Waals surface area contributed by atoms with E-state index in [0.717, 1.165) is 0 Å². The van der Waals surface area contributed by atoms with Crippen molar-refractivity contribution in [1.82, 2.24) is 0 Å². The van der Waals surface area contributed by atoms with Crippen LogP contribution in [0.4, 0.5) is 4.39 Å². The van der Waals surface area contributed by atoms with Gasteiger partial charge in [0.05, 0.1) is 12.4 Å². The zero-order valence-corrected chi connectivity index (χ0v) is 10.5. The fourth-order valence-electron chi connectivity index (χ4n) is 1.02. The lowest BCUT2D eigenvalue weighted by atomic mass is 9.96. The Balaban J connectivity index is 4.43. The van der Waals surface area contributed by atoms with Crippen LogP contribution in [0.3, 0.4) is 0 Å². The standard InChI is InChI=1S/C11H20FN3O2/c1-7(6-15-8(2)13)9(12)4-5-11(3,14)10(16)17/h4-6,14H2,1-3H3,(H2,13,15)(H,16,17)/b9-7-/t11-/m0/s1. The quantitative estimate of drug-likeness (QED) is 0.483. The number of rotatable bonds is 6. The first-order chi connectivity index (χ1) is 7.66. The van der Waals surface area contributed by atoms with Crippen molar-refractivity contribution in [2.75, 3.05) is 6.54 Å². The van der Waals surface area contributed by atoms with Crippen LogP contribution < -0.4 is 11.5 Å². The molecule has 0 aliphatic rings. The van der Waals surface area contributed by atoms with Gasteiger partial charge in [0.25, 0.3) is 0 Å². The molecule has 0 fully saturated rings. The molecule has 0 unspecified atom stereocenters. The second-order valence-electron chi connectivity index (χ2n) is 4.37. The van der Waals surface area contributed by atoms with Gasteiger partial charge in [-0.3, -0.25) is 9.79 Å². The van der Waals surface area contributed by atoms with Crippen molar-refractivity contribution >= 4 is 11.8 Å². The Morgan fingerprint density at radius 3 is 2.41 bits per heavy atom. The third-order valence-electron chi connectivity index (χ3n) is 2.38. The molecule has 0 aromatic carbocycles. The number of halogens is 1. The summed E-state index contributed by atoms with van der Waals surface area (Å²) in [6.07, 6.45) is 0.0289. The number of carboxylic acids is 1. The normalized spacial score (nSPS) is 17.4. The lowest BCUT2D eigenvalue weighted by molar-refractivity contribution is -0.142. The number of carboxylic acid groups (broad SMARTS) is 1. The maximum atomic E-state index is 13.6. The van der Waals surface area contributed by atoms with E-state index in [0.29, 0.717) is 11.4 Å². The zero-order valence-electron chi connectivity index (χ0n) is 10.5. The fraction of sp³-hybridized carbons (Fsp3) is 0.636. The minimum atomic E-state index is -1.41. The molecule has 6 heteroatoms. The summed E-state index contributed by atoms with van der Waals surface area (Å²) < 4.78 is 13.6. The molecule has 0 aliphatic heterocycles. The molecular weight excluding hydrogens is 225 g/mol. The second-order valence-corrected chi connectivity index (χ2v) is 4.37. The van der Waals surface area contributed by atoms with Crippen LogP contribution in [-0.2, 0) is 4.79 Å². The smallest absolute Gasteiger partial charge is 0.323 e. The predicted molar refractivity (Wildman–Crippen MR) is 65.4 cm³/mol. The predicted octanol–water partition coefficient (Wildman–Crippen LogP) is 1.19. The van der Waals surface area contributed by atoms with E-state index in [4.69, 9.17) is 16.6 Å². The lowest BCUT2D eigenvalue weighted by Crippen LogP contribution is -2.44. The van der Waals surface area contributed by atoms with Crippen molar-refractivity contribution in [3.8, 4) is 0 Å². The van der Waals surface area contributed by atoms with Gasteiger partial charge < -0.3 is 16.6 Å². The highest BCUT2D eigenvalue weighted by Crippen LogP contribution is 2.18. The Hall–Kier alpha value is -1.43. The number of allylic oxidation sites excluding steroid dienone is 1. The second kappa shape index (κ2) is 6.34. The average molecular weight is 245 g/mol. The van der Waals surface area contributed by atoms with Crippen molar-refractivity contribution in [2.24, 2.45) is 16.5 Å². The Morgan fingerprint density at radius 2 is 2.00 bits per heavy atom. The number of nitrogens with zero attached hydrogens (tertiary/aromatic N) is 1. The number of amidine groups is 1. The lowest BCUT2D eigenvalue weighted by Gasteiger charge is -2.18. The third kappa shape index (κ3) is 6.01. The van der Waals surface area contributed by atoms with Gasteiger partial charge in [-0.25, -0.2) is 4.39 Å². The maximum absolute atomic E-state index is 13.6. The Morgan fingerprint density at radius 1 is 1.47 bits per heavy atom. The van der Waals surface area contributed by atoms with Crippen LogP contribution in [-0.4, -0.2) is 29.0 Å². The Labute approximate surface area is 100 Å². The van der Waals surface area contributed by atoms with Crippen LogP contribution in [0, 0.1) is 0 Å². The molecule has 0 bridgehead atoms. The summed E-state index contributed by atoms with van der Waals surface area (Å²) in [7, 11) is 0. The van der Waals surface area contributed by atoms with E-state index in [1.807, 2.05) is 0 Å². The van der Waals surface area contributed by atoms with Crippen LogP contribution in [0.2, 0.25) is 0 Å². The van der Waals surface area contributed by atoms with Crippen LogP contribution in [0.5, 0.6) is 0 Å². The molecule has 98 valence electrons. The monoisotopic (exact) mass is 245 g/mol. The molecule has 0 rings (SSSR count). The summed E-state index contributed by atoms with van der Waals surface area (Å²) in [5.41, 5.74) is 9.85. The fourth-order valence-corrected chi connectivity index (χ4v) is 1.02. The minimum absolute atomic E-state index is 0.00965. The topological polar surface area (TPSA) is 102 Å². The zero-order chi connectivity index (χ0) is 13.6. The number of aliphatic carboxylic acids is 1. The molecule has 0 aromatic heterocycles. The summed E-state index contributed by atoms with van der Waals surface area (Å²) in [4.78, 5) is 14.6. The van der Waals surface area contributed by atoms with E-state index < -0.39 is 11.5 Å². The first kappa shape index (κ1) is 15.6. The molecule has 5 N–H and O–H groups in total. The summed E-state index contributed by atoms with van der Waals surface area (Å²) >= 11 is 0. The molecule has 0 heterocycles. The molecule has 0 aliphatic carbocycles. The van der Waals surface area contributed by atoms with Gasteiger partial charge in [-0.15, -0.1) is 0 Å². The summed E-state index contributed by atoms with van der Waals surface area (Å²) in [5.74, 6) is -1.14. The van der Waals surface area contributed by atoms with E-state index >= 15 is 0 Å². The first-order valence-corrected chi connectivity index (χ1v) is 5.29. The van der Waals surface area contributed by atoms with Gasteiger partial charge >= 0.3 is 5.97 Å². The van der Waals surface area contributed by atoms with Crippen molar-refractivity contribution in [3.63, 3.8) is 0 Å². The van der Waals surface area contributed by atoms with E-state index in [1.54, 1.807) is 13.8 Å². The van der Waals surface area contributed by atoms with Gasteiger partial charge in [0, 0.05) is 6.42 Å². The Bertz CT molecular complexity index is 345. The summed E-state index contributed by atoms with van der Waals surface area (Å²) in [6, 6.07) is 0. The number of aliphatic imine (C=N–C) groups is 1. The SMILES string of the molecule is CC(N)=NC/C(C)=C(\F)CC[C@](C)(N)C(=O)O. The number of hydrogen-bond acceptors (Lipinski definition) is 3. The molecule has 0 saturated heterocycles. The van der Waals surface area contributed by atoms with Crippen molar-refractivity contribution in [2.45, 2.75) is 39.2 Å². The van der Waals surface area contributed by atoms with Crippen LogP contribution in [0.1, 0.15) is 33.6 Å². The average Bonchev–Trinajstić information content (AvgIpc) is 2.22. The maximum Gasteiger partial charge on any atom is 0.323 e. The van der Waals surface area contributed by atoms with Crippen LogP contribution in [0.15, 0.2) is 16.4 Å². The van der Waals surface area contributed by atoms with Gasteiger partial charge in [-0.1, -0.05) is 0 Å². The number of carbonyl (C=O) groups is 1. The molecule has 0 radical (unpaired) electrons. The van der Waals surface area contributed by atoms with Crippen molar-refractivity contribution in [1.29, 1.82) is 0 Å². The number of hydrogen-bond donors (Lipinski definition) is 3. The van der Waals surface area contributed by atoms with Gasteiger partial charge in [0.15, 0.2) is 0 Å². The molecule has 5 nitrogen and oxygen atoms in total. The summed E-state index contributed by atoms with van der Waals surface area (Å²) in [6.45, 7) is 4.76. The molecule has 0 amide bonds. The Kier molecular flexibility index (Phi) is 5.81. The van der Waals surface area contributed by atoms with E-state index in [1.165, 1.54) is 6.92 Å². The molecule has 0 spiro atoms. The van der Waals surface area contributed by atoms with Gasteiger partial charge in [0.1, 0.15) is 11.4 Å². The molecule has 0 saturated carbocycles. The minimum Gasteiger partial charge on any atom is -0.480 e. The van der Waals surface area contributed by atoms with Crippen molar-refractivity contribution in [3.05, 3.63) is 11.4 Å². The highest BCUT2D eigenvalue weighted by molar-refractivity contribution is 5.78. The largest absolute Gasteiger partial charge is 0.480 e. The highest BCUT2D eigenvalue weighted by Gasteiger charge is 2.27. The van der Waals surface area contributed by atoms with Crippen LogP contribution >= 0.6 is 0 Å². The van der Waals surface area contributed by atoms with Gasteiger partial charge in [-0.05, 0) is 32.8 Å². The van der Waals surface area contributed by atoms with E-state index in [9.17, 15) is 9.18 Å². The number of nitrogens with two attached hydrogens (primary N) is 2. The highest BCUT2D eigenvalue weighted by atomic mass is 19.1. The first-order valence-electron chi connectivity index (χ1n) is 5.29. The van der Waals surface area contributed by atoms with Crippen LogP contribution in [0.25, 0.3) is 0 Å². The third-order valence-corrected chi connectivity index (χ3v) is 2.38. The van der Waals surface area contributed by atoms with E-state index in [2.05, 4.69) is 4.99 Å². The van der Waals surface area contributed by atoms with Crippen molar-refractivity contribution < 1.29 is 14.3 Å². The van der Waals surface area contributed by atoms with Gasteiger partial charge in [-0.2, -0.15) is 0 Å². The molecule has 17 heavy (non-hydrogen) atoms. The summed E-state index contributed by atoms with van der Waals surface area (Å²) in [5, 5.41) is 8.77.